The number of aromatic nitrogens is 2. The molecule has 0 aliphatic heterocycles. The summed E-state index contributed by atoms with van der Waals surface area (Å²) in [7, 11) is 0. The first kappa shape index (κ1) is 32.0. The minimum atomic E-state index is 1.15. The van der Waals surface area contributed by atoms with Crippen molar-refractivity contribution in [1.29, 1.82) is 0 Å². The van der Waals surface area contributed by atoms with E-state index in [2.05, 4.69) is 228 Å². The second kappa shape index (κ2) is 13.2. The standard InChI is InChI=1S/C54H36N2/c1-2-14-38(15-3-1)43-16-4-5-17-45(43)50-36-40(37-26-31-41(32-27-37)55-51-22-10-6-18-46(51)47-19-7-11-23-52(47)55)30-35-44(50)39-28-33-42(34-29-39)56-53-24-12-8-20-48(53)49-21-9-13-25-54(49)56/h1-36H. The van der Waals surface area contributed by atoms with E-state index in [1.165, 1.54) is 88.1 Å². The van der Waals surface area contributed by atoms with Gasteiger partial charge in [0.2, 0.25) is 0 Å². The first-order valence-electron chi connectivity index (χ1n) is 19.3. The predicted molar refractivity (Wildman–Crippen MR) is 237 cm³/mol. The van der Waals surface area contributed by atoms with Crippen LogP contribution >= 0.6 is 0 Å². The smallest absolute Gasteiger partial charge is 0.0541 e. The Hall–Kier alpha value is -7.42. The second-order valence-electron chi connectivity index (χ2n) is 14.5. The van der Waals surface area contributed by atoms with Crippen molar-refractivity contribution >= 4 is 43.6 Å². The zero-order valence-electron chi connectivity index (χ0n) is 30.7. The number of rotatable bonds is 6. The molecule has 9 aromatic carbocycles. The SMILES string of the molecule is c1ccc(-c2ccccc2-c2cc(-c3ccc(-n4c5ccccc5c5ccccc54)cc3)ccc2-c2ccc(-n3c4ccccc4c4ccccc43)cc2)cc1. The van der Waals surface area contributed by atoms with Crippen LogP contribution in [0.25, 0.3) is 99.5 Å². The number of fused-ring (bicyclic) bond motifs is 6. The van der Waals surface area contributed by atoms with Gasteiger partial charge >= 0.3 is 0 Å². The maximum atomic E-state index is 2.38. The molecule has 2 aromatic heterocycles. The van der Waals surface area contributed by atoms with E-state index in [0.29, 0.717) is 0 Å². The van der Waals surface area contributed by atoms with E-state index in [1.807, 2.05) is 0 Å². The fourth-order valence-electron chi connectivity index (χ4n) is 8.78. The molecule has 0 unspecified atom stereocenters. The Bertz CT molecular complexity index is 3110. The molecule has 2 heteroatoms. The molecule has 0 saturated carbocycles. The molecule has 0 saturated heterocycles. The normalized spacial score (nSPS) is 11.6. The van der Waals surface area contributed by atoms with Gasteiger partial charge in [-0.3, -0.25) is 0 Å². The van der Waals surface area contributed by atoms with E-state index in [-0.39, 0.29) is 0 Å². The highest BCUT2D eigenvalue weighted by atomic mass is 15.0. The highest BCUT2D eigenvalue weighted by Gasteiger charge is 2.17. The van der Waals surface area contributed by atoms with Crippen molar-refractivity contribution in [3.63, 3.8) is 0 Å². The van der Waals surface area contributed by atoms with Gasteiger partial charge in [0, 0.05) is 32.9 Å². The first-order chi connectivity index (χ1) is 27.8. The Labute approximate surface area is 325 Å². The lowest BCUT2D eigenvalue weighted by Crippen LogP contribution is -1.95. The average Bonchev–Trinajstić information content (AvgIpc) is 3.80. The van der Waals surface area contributed by atoms with Gasteiger partial charge in [-0.25, -0.2) is 0 Å². The molecule has 0 fully saturated rings. The molecule has 0 atom stereocenters. The predicted octanol–water partition coefficient (Wildman–Crippen LogP) is 14.5. The number of para-hydroxylation sites is 4. The van der Waals surface area contributed by atoms with Gasteiger partial charge < -0.3 is 9.13 Å². The lowest BCUT2D eigenvalue weighted by atomic mass is 9.87. The Kier molecular flexibility index (Phi) is 7.53. The Morgan fingerprint density at radius 3 is 1.07 bits per heavy atom. The van der Waals surface area contributed by atoms with E-state index in [4.69, 9.17) is 0 Å². The van der Waals surface area contributed by atoms with Crippen LogP contribution in [0, 0.1) is 0 Å². The summed E-state index contributed by atoms with van der Waals surface area (Å²) in [5.74, 6) is 0. The molecular weight excluding hydrogens is 677 g/mol. The molecule has 11 aromatic rings. The van der Waals surface area contributed by atoms with E-state index < -0.39 is 0 Å². The largest absolute Gasteiger partial charge is 0.309 e. The Balaban J connectivity index is 1.04. The topological polar surface area (TPSA) is 9.86 Å². The summed E-state index contributed by atoms with van der Waals surface area (Å²) in [6.07, 6.45) is 0. The quantitative estimate of drug-likeness (QED) is 0.162. The van der Waals surface area contributed by atoms with Crippen LogP contribution in [0.3, 0.4) is 0 Å². The molecule has 262 valence electrons. The molecule has 2 heterocycles. The average molecular weight is 713 g/mol. The zero-order chi connectivity index (χ0) is 37.0. The molecule has 0 aliphatic rings. The van der Waals surface area contributed by atoms with Crippen molar-refractivity contribution in [3.05, 3.63) is 218 Å². The molecule has 0 bridgehead atoms. The van der Waals surface area contributed by atoms with Crippen molar-refractivity contribution < 1.29 is 0 Å². The fourth-order valence-corrected chi connectivity index (χ4v) is 8.78. The summed E-state index contributed by atoms with van der Waals surface area (Å²) in [6, 6.07) is 79.4. The van der Waals surface area contributed by atoms with Crippen LogP contribution in [0.2, 0.25) is 0 Å². The van der Waals surface area contributed by atoms with Crippen LogP contribution in [0.4, 0.5) is 0 Å². The minimum Gasteiger partial charge on any atom is -0.309 e. The summed E-state index contributed by atoms with van der Waals surface area (Å²) in [5.41, 5.74) is 16.8. The third kappa shape index (κ3) is 5.19. The molecule has 0 spiro atoms. The van der Waals surface area contributed by atoms with Gasteiger partial charge in [0.1, 0.15) is 0 Å². The molecule has 2 nitrogen and oxygen atoms in total. The first-order valence-corrected chi connectivity index (χ1v) is 19.3. The van der Waals surface area contributed by atoms with Crippen LogP contribution in [0.15, 0.2) is 218 Å². The molecular formula is C54H36N2. The van der Waals surface area contributed by atoms with Gasteiger partial charge in [-0.15, -0.1) is 0 Å². The van der Waals surface area contributed by atoms with E-state index in [9.17, 15) is 0 Å². The third-order valence-corrected chi connectivity index (χ3v) is 11.4. The van der Waals surface area contributed by atoms with Crippen LogP contribution in [0.5, 0.6) is 0 Å². The Morgan fingerprint density at radius 2 is 0.571 bits per heavy atom. The van der Waals surface area contributed by atoms with Crippen LogP contribution in [0.1, 0.15) is 0 Å². The van der Waals surface area contributed by atoms with E-state index in [0.717, 1.165) is 11.4 Å². The lowest BCUT2D eigenvalue weighted by Gasteiger charge is -2.17. The highest BCUT2D eigenvalue weighted by Crippen LogP contribution is 2.42. The summed E-state index contributed by atoms with van der Waals surface area (Å²) in [6.45, 7) is 0. The van der Waals surface area contributed by atoms with Gasteiger partial charge in [-0.1, -0.05) is 164 Å². The number of nitrogens with zero attached hydrogens (tertiary/aromatic N) is 2. The summed E-state index contributed by atoms with van der Waals surface area (Å²) in [4.78, 5) is 0. The Morgan fingerprint density at radius 1 is 0.214 bits per heavy atom. The molecule has 56 heavy (non-hydrogen) atoms. The van der Waals surface area contributed by atoms with Crippen LogP contribution < -0.4 is 0 Å². The van der Waals surface area contributed by atoms with Crippen molar-refractivity contribution in [3.8, 4) is 55.9 Å². The van der Waals surface area contributed by atoms with Gasteiger partial charge in [0.15, 0.2) is 0 Å². The maximum absolute atomic E-state index is 2.38. The van der Waals surface area contributed by atoms with Crippen molar-refractivity contribution in [2.75, 3.05) is 0 Å². The molecule has 11 rings (SSSR count). The van der Waals surface area contributed by atoms with Crippen molar-refractivity contribution in [2.45, 2.75) is 0 Å². The number of hydrogen-bond donors (Lipinski definition) is 0. The van der Waals surface area contributed by atoms with Gasteiger partial charge in [-0.05, 0) is 99.1 Å². The summed E-state index contributed by atoms with van der Waals surface area (Å²) in [5, 5.41) is 5.08. The number of benzene rings is 9. The zero-order valence-corrected chi connectivity index (χ0v) is 30.7. The van der Waals surface area contributed by atoms with Crippen molar-refractivity contribution in [2.24, 2.45) is 0 Å². The highest BCUT2D eigenvalue weighted by molar-refractivity contribution is 6.10. The number of hydrogen-bond acceptors (Lipinski definition) is 0. The molecule has 0 aliphatic carbocycles. The van der Waals surface area contributed by atoms with Crippen LogP contribution in [-0.2, 0) is 0 Å². The minimum absolute atomic E-state index is 1.15. The van der Waals surface area contributed by atoms with Gasteiger partial charge in [0.25, 0.3) is 0 Å². The lowest BCUT2D eigenvalue weighted by molar-refractivity contribution is 1.18. The maximum Gasteiger partial charge on any atom is 0.0541 e. The van der Waals surface area contributed by atoms with Gasteiger partial charge in [-0.2, -0.15) is 0 Å². The fraction of sp³-hybridized carbons (Fsp3) is 0. The molecule has 0 amide bonds. The molecule has 0 N–H and O–H groups in total. The van der Waals surface area contributed by atoms with Crippen molar-refractivity contribution in [1.82, 2.24) is 9.13 Å². The summed E-state index contributed by atoms with van der Waals surface area (Å²) < 4.78 is 4.76. The third-order valence-electron chi connectivity index (χ3n) is 11.4. The monoisotopic (exact) mass is 712 g/mol. The van der Waals surface area contributed by atoms with Gasteiger partial charge in [0.05, 0.1) is 22.1 Å². The van der Waals surface area contributed by atoms with E-state index >= 15 is 0 Å². The van der Waals surface area contributed by atoms with Crippen LogP contribution in [-0.4, -0.2) is 9.13 Å². The second-order valence-corrected chi connectivity index (χ2v) is 14.5. The summed E-state index contributed by atoms with van der Waals surface area (Å²) >= 11 is 0. The van der Waals surface area contributed by atoms with E-state index in [1.54, 1.807) is 0 Å². The molecule has 0 radical (unpaired) electrons.